The molecule has 1 heterocycles. The first kappa shape index (κ1) is 10.0. The van der Waals surface area contributed by atoms with Crippen LogP contribution in [-0.4, -0.2) is 14.9 Å². The second-order valence-corrected chi connectivity index (χ2v) is 3.04. The summed E-state index contributed by atoms with van der Waals surface area (Å²) in [6.07, 6.45) is 2.76. The molecule has 80 valence electrons. The van der Waals surface area contributed by atoms with E-state index in [-0.39, 0.29) is 16.9 Å². The minimum absolute atomic E-state index is 0.0507. The number of hydrogen-bond acceptors (Lipinski definition) is 4. The maximum absolute atomic E-state index is 11.5. The molecule has 6 nitrogen and oxygen atoms in total. The number of hydrogen-bond donors (Lipinski definition) is 1. The van der Waals surface area contributed by atoms with Crippen molar-refractivity contribution in [1.82, 2.24) is 9.97 Å². The van der Waals surface area contributed by atoms with Gasteiger partial charge < -0.3 is 4.98 Å². The molecule has 0 aliphatic rings. The molecule has 0 atom stereocenters. The van der Waals surface area contributed by atoms with E-state index in [2.05, 4.69) is 9.97 Å². The quantitative estimate of drug-likeness (QED) is 0.607. The molecule has 0 saturated carbocycles. The zero-order chi connectivity index (χ0) is 11.5. The lowest BCUT2D eigenvalue weighted by atomic mass is 10.1. The lowest BCUT2D eigenvalue weighted by Gasteiger charge is -1.99. The van der Waals surface area contributed by atoms with Gasteiger partial charge >= 0.3 is 0 Å². The van der Waals surface area contributed by atoms with Crippen molar-refractivity contribution in [3.8, 4) is 11.3 Å². The number of para-hydroxylation sites is 1. The Morgan fingerprint density at radius 2 is 2.06 bits per heavy atom. The van der Waals surface area contributed by atoms with E-state index in [4.69, 9.17) is 0 Å². The summed E-state index contributed by atoms with van der Waals surface area (Å²) in [6.45, 7) is 0. The Hall–Kier alpha value is -2.50. The van der Waals surface area contributed by atoms with E-state index >= 15 is 0 Å². The number of benzene rings is 1. The fraction of sp³-hybridized carbons (Fsp3) is 0. The van der Waals surface area contributed by atoms with Crippen LogP contribution >= 0.6 is 0 Å². The summed E-state index contributed by atoms with van der Waals surface area (Å²) in [4.78, 5) is 28.0. The van der Waals surface area contributed by atoms with Crippen molar-refractivity contribution < 1.29 is 4.92 Å². The van der Waals surface area contributed by atoms with Crippen molar-refractivity contribution in [2.45, 2.75) is 0 Å². The molecular formula is C10H7N3O3. The number of aromatic nitrogens is 2. The van der Waals surface area contributed by atoms with E-state index in [1.165, 1.54) is 24.5 Å². The molecule has 0 spiro atoms. The van der Waals surface area contributed by atoms with Gasteiger partial charge in [0.1, 0.15) is 5.69 Å². The van der Waals surface area contributed by atoms with Crippen LogP contribution in [0.3, 0.4) is 0 Å². The summed E-state index contributed by atoms with van der Waals surface area (Å²) in [5.41, 5.74) is -0.312. The van der Waals surface area contributed by atoms with Crippen LogP contribution in [0.2, 0.25) is 0 Å². The molecule has 16 heavy (non-hydrogen) atoms. The third-order valence-electron chi connectivity index (χ3n) is 2.06. The van der Waals surface area contributed by atoms with Crippen LogP contribution in [0.4, 0.5) is 5.69 Å². The smallest absolute Gasteiger partial charge is 0.278 e. The number of nitrogens with one attached hydrogen (secondary N) is 1. The molecule has 2 aromatic rings. The normalized spacial score (nSPS) is 10.0. The van der Waals surface area contributed by atoms with Gasteiger partial charge in [-0.25, -0.2) is 4.98 Å². The number of nitro groups is 1. The van der Waals surface area contributed by atoms with Gasteiger partial charge in [0, 0.05) is 18.5 Å². The van der Waals surface area contributed by atoms with Gasteiger partial charge in [-0.2, -0.15) is 0 Å². The molecule has 0 aliphatic heterocycles. The predicted molar refractivity (Wildman–Crippen MR) is 56.9 cm³/mol. The Morgan fingerprint density at radius 1 is 1.31 bits per heavy atom. The number of rotatable bonds is 2. The molecule has 2 rings (SSSR count). The monoisotopic (exact) mass is 217 g/mol. The van der Waals surface area contributed by atoms with Crippen LogP contribution in [0.15, 0.2) is 41.5 Å². The lowest BCUT2D eigenvalue weighted by Crippen LogP contribution is -2.10. The Labute approximate surface area is 89.7 Å². The van der Waals surface area contributed by atoms with Gasteiger partial charge in [0.15, 0.2) is 0 Å². The highest BCUT2D eigenvalue weighted by molar-refractivity contribution is 5.69. The van der Waals surface area contributed by atoms with Gasteiger partial charge in [-0.05, 0) is 6.07 Å². The molecule has 0 fully saturated rings. The minimum Gasteiger partial charge on any atom is -0.326 e. The molecular weight excluding hydrogens is 210 g/mol. The van der Waals surface area contributed by atoms with Crippen molar-refractivity contribution in [2.75, 3.05) is 0 Å². The Morgan fingerprint density at radius 3 is 2.75 bits per heavy atom. The molecule has 0 amide bonds. The number of aromatic amines is 1. The van der Waals surface area contributed by atoms with Crippen molar-refractivity contribution in [3.63, 3.8) is 0 Å². The summed E-state index contributed by atoms with van der Waals surface area (Å²) in [6, 6.07) is 5.99. The SMILES string of the molecule is O=c1[nH]ccnc1-c1ccccc1[N+](=O)[O-]. The maximum atomic E-state index is 11.5. The van der Waals surface area contributed by atoms with Crippen molar-refractivity contribution in [1.29, 1.82) is 0 Å². The second-order valence-electron chi connectivity index (χ2n) is 3.04. The first-order valence-corrected chi connectivity index (χ1v) is 4.47. The van der Waals surface area contributed by atoms with Crippen LogP contribution < -0.4 is 5.56 Å². The molecule has 0 bridgehead atoms. The molecule has 6 heteroatoms. The van der Waals surface area contributed by atoms with Gasteiger partial charge in [-0.3, -0.25) is 14.9 Å². The standard InChI is InChI=1S/C10H7N3O3/c14-10-9(11-5-6-12-10)7-3-1-2-4-8(7)13(15)16/h1-6H,(H,12,14). The summed E-state index contributed by atoms with van der Waals surface area (Å²) >= 11 is 0. The van der Waals surface area contributed by atoms with Gasteiger partial charge in [-0.1, -0.05) is 12.1 Å². The predicted octanol–water partition coefficient (Wildman–Crippen LogP) is 1.35. The Kier molecular flexibility index (Phi) is 2.47. The van der Waals surface area contributed by atoms with Crippen LogP contribution in [0.5, 0.6) is 0 Å². The zero-order valence-corrected chi connectivity index (χ0v) is 8.08. The Balaban J connectivity index is 2.70. The lowest BCUT2D eigenvalue weighted by molar-refractivity contribution is -0.384. The van der Waals surface area contributed by atoms with E-state index in [0.717, 1.165) is 0 Å². The minimum atomic E-state index is -0.538. The topological polar surface area (TPSA) is 88.9 Å². The van der Waals surface area contributed by atoms with Gasteiger partial charge in [0.2, 0.25) is 0 Å². The largest absolute Gasteiger partial charge is 0.326 e. The summed E-state index contributed by atoms with van der Waals surface area (Å²) in [5.74, 6) is 0. The number of nitrogens with zero attached hydrogens (tertiary/aromatic N) is 2. The second kappa shape index (κ2) is 3.93. The summed E-state index contributed by atoms with van der Waals surface area (Å²) in [5, 5.41) is 10.8. The summed E-state index contributed by atoms with van der Waals surface area (Å²) in [7, 11) is 0. The third-order valence-corrected chi connectivity index (χ3v) is 2.06. The maximum Gasteiger partial charge on any atom is 0.278 e. The highest BCUT2D eigenvalue weighted by Crippen LogP contribution is 2.25. The van der Waals surface area contributed by atoms with E-state index in [0.29, 0.717) is 0 Å². The van der Waals surface area contributed by atoms with Gasteiger partial charge in [-0.15, -0.1) is 0 Å². The first-order valence-electron chi connectivity index (χ1n) is 4.47. The number of H-pyrrole nitrogens is 1. The number of nitro benzene ring substituents is 1. The molecule has 0 saturated heterocycles. The first-order chi connectivity index (χ1) is 7.70. The summed E-state index contributed by atoms with van der Waals surface area (Å²) < 4.78 is 0. The fourth-order valence-electron chi connectivity index (χ4n) is 1.38. The molecule has 1 aromatic carbocycles. The van der Waals surface area contributed by atoms with E-state index < -0.39 is 10.5 Å². The van der Waals surface area contributed by atoms with E-state index in [9.17, 15) is 14.9 Å². The van der Waals surface area contributed by atoms with E-state index in [1.54, 1.807) is 12.1 Å². The van der Waals surface area contributed by atoms with Crippen LogP contribution in [0, 0.1) is 10.1 Å². The zero-order valence-electron chi connectivity index (χ0n) is 8.08. The molecule has 0 unspecified atom stereocenters. The van der Waals surface area contributed by atoms with Crippen molar-refractivity contribution >= 4 is 5.69 Å². The average Bonchev–Trinajstić information content (AvgIpc) is 2.29. The van der Waals surface area contributed by atoms with Crippen molar-refractivity contribution in [3.05, 3.63) is 57.1 Å². The molecule has 0 aliphatic carbocycles. The van der Waals surface area contributed by atoms with Crippen LogP contribution in [0.1, 0.15) is 0 Å². The van der Waals surface area contributed by atoms with E-state index in [1.807, 2.05) is 0 Å². The molecule has 0 radical (unpaired) electrons. The highest BCUT2D eigenvalue weighted by atomic mass is 16.6. The van der Waals surface area contributed by atoms with Crippen LogP contribution in [0.25, 0.3) is 11.3 Å². The van der Waals surface area contributed by atoms with Gasteiger partial charge in [0.25, 0.3) is 11.2 Å². The highest BCUT2D eigenvalue weighted by Gasteiger charge is 2.17. The molecule has 1 aromatic heterocycles. The molecule has 1 N–H and O–H groups in total. The third kappa shape index (κ3) is 1.68. The Bertz CT molecular complexity index is 592. The average molecular weight is 217 g/mol. The fourth-order valence-corrected chi connectivity index (χ4v) is 1.38. The van der Waals surface area contributed by atoms with Crippen LogP contribution in [-0.2, 0) is 0 Å². The van der Waals surface area contributed by atoms with Crippen molar-refractivity contribution in [2.24, 2.45) is 0 Å². The van der Waals surface area contributed by atoms with Gasteiger partial charge in [0.05, 0.1) is 10.5 Å².